The zero-order chi connectivity index (χ0) is 14.5. The Bertz CT molecular complexity index is 619. The zero-order valence-electron chi connectivity index (χ0n) is 10.9. The summed E-state index contributed by atoms with van der Waals surface area (Å²) in [6.07, 6.45) is 2.10. The number of amides is 1. The molecule has 104 valence electrons. The average molecular weight is 274 g/mol. The lowest BCUT2D eigenvalue weighted by molar-refractivity contribution is -0.384. The van der Waals surface area contributed by atoms with Crippen LogP contribution in [-0.4, -0.2) is 20.6 Å². The quantitative estimate of drug-likeness (QED) is 0.668. The number of nitro benzene ring substituents is 1. The molecule has 1 heterocycles. The lowest BCUT2D eigenvalue weighted by Gasteiger charge is -2.05. The number of nitro groups is 1. The number of anilines is 1. The number of carbonyl (C=O) groups is 1. The van der Waals surface area contributed by atoms with Gasteiger partial charge in [-0.2, -0.15) is 5.10 Å². The van der Waals surface area contributed by atoms with Gasteiger partial charge in [0.1, 0.15) is 0 Å². The Balaban J connectivity index is 1.86. The van der Waals surface area contributed by atoms with Gasteiger partial charge in [-0.3, -0.25) is 19.6 Å². The van der Waals surface area contributed by atoms with Crippen molar-refractivity contribution in [3.8, 4) is 0 Å². The largest absolute Gasteiger partial charge is 0.326 e. The summed E-state index contributed by atoms with van der Waals surface area (Å²) in [5, 5.41) is 17.4. The molecule has 20 heavy (non-hydrogen) atoms. The molecular weight excluding hydrogens is 260 g/mol. The van der Waals surface area contributed by atoms with Crippen molar-refractivity contribution < 1.29 is 9.72 Å². The first-order chi connectivity index (χ1) is 9.54. The van der Waals surface area contributed by atoms with E-state index >= 15 is 0 Å². The Labute approximate surface area is 115 Å². The standard InChI is InChI=1S/C13H14N4O3/c1-10-6-8-16(15-10)9-7-13(18)14-11-2-4-12(5-3-11)17(19)20/h2-6,8H,7,9H2,1H3,(H,14,18). The molecular formula is C13H14N4O3. The van der Waals surface area contributed by atoms with E-state index in [-0.39, 0.29) is 18.0 Å². The van der Waals surface area contributed by atoms with Crippen LogP contribution in [0.25, 0.3) is 0 Å². The molecule has 0 atom stereocenters. The van der Waals surface area contributed by atoms with E-state index in [0.29, 0.717) is 12.2 Å². The first-order valence-corrected chi connectivity index (χ1v) is 6.09. The maximum absolute atomic E-state index is 11.7. The SMILES string of the molecule is Cc1ccn(CCC(=O)Nc2ccc([N+](=O)[O-])cc2)n1. The topological polar surface area (TPSA) is 90.1 Å². The van der Waals surface area contributed by atoms with Gasteiger partial charge in [-0.15, -0.1) is 0 Å². The number of nitrogens with one attached hydrogen (secondary N) is 1. The van der Waals surface area contributed by atoms with Gasteiger partial charge in [0.05, 0.1) is 10.6 Å². The second kappa shape index (κ2) is 5.96. The van der Waals surface area contributed by atoms with Gasteiger partial charge in [-0.1, -0.05) is 0 Å². The van der Waals surface area contributed by atoms with Crippen LogP contribution in [-0.2, 0) is 11.3 Å². The number of hydrogen-bond donors (Lipinski definition) is 1. The molecule has 0 fully saturated rings. The number of hydrogen-bond acceptors (Lipinski definition) is 4. The van der Waals surface area contributed by atoms with E-state index in [4.69, 9.17) is 0 Å². The van der Waals surface area contributed by atoms with Gasteiger partial charge in [0, 0.05) is 37.0 Å². The molecule has 1 amide bonds. The second-order valence-electron chi connectivity index (χ2n) is 4.32. The van der Waals surface area contributed by atoms with Gasteiger partial charge in [0.15, 0.2) is 0 Å². The van der Waals surface area contributed by atoms with Gasteiger partial charge in [-0.25, -0.2) is 0 Å². The Morgan fingerprint density at radius 3 is 2.60 bits per heavy atom. The molecule has 0 aliphatic rings. The molecule has 2 rings (SSSR count). The fourth-order valence-electron chi connectivity index (χ4n) is 1.69. The molecule has 0 aliphatic carbocycles. The van der Waals surface area contributed by atoms with Crippen LogP contribution < -0.4 is 5.32 Å². The highest BCUT2D eigenvalue weighted by Gasteiger charge is 2.06. The van der Waals surface area contributed by atoms with E-state index in [0.717, 1.165) is 5.69 Å². The summed E-state index contributed by atoms with van der Waals surface area (Å²) in [6, 6.07) is 7.59. The highest BCUT2D eigenvalue weighted by atomic mass is 16.6. The minimum Gasteiger partial charge on any atom is -0.326 e. The molecule has 0 unspecified atom stereocenters. The highest BCUT2D eigenvalue weighted by Crippen LogP contribution is 2.15. The van der Waals surface area contributed by atoms with Crippen LogP contribution in [0.2, 0.25) is 0 Å². The Hall–Kier alpha value is -2.70. The normalized spacial score (nSPS) is 10.2. The van der Waals surface area contributed by atoms with Crippen LogP contribution in [0.3, 0.4) is 0 Å². The Morgan fingerprint density at radius 2 is 2.05 bits per heavy atom. The van der Waals surface area contributed by atoms with Crippen LogP contribution >= 0.6 is 0 Å². The van der Waals surface area contributed by atoms with Gasteiger partial charge in [0.2, 0.25) is 5.91 Å². The van der Waals surface area contributed by atoms with Crippen molar-refractivity contribution in [2.45, 2.75) is 19.9 Å². The lowest BCUT2D eigenvalue weighted by atomic mass is 10.2. The number of carbonyl (C=O) groups excluding carboxylic acids is 1. The van der Waals surface area contributed by atoms with Crippen molar-refractivity contribution in [1.29, 1.82) is 0 Å². The lowest BCUT2D eigenvalue weighted by Crippen LogP contribution is -2.14. The summed E-state index contributed by atoms with van der Waals surface area (Å²) in [5.74, 6) is -0.160. The third kappa shape index (κ3) is 3.64. The summed E-state index contributed by atoms with van der Waals surface area (Å²) < 4.78 is 1.70. The summed E-state index contributed by atoms with van der Waals surface area (Å²) in [7, 11) is 0. The number of non-ortho nitro benzene ring substituents is 1. The molecule has 1 aromatic carbocycles. The van der Waals surface area contributed by atoms with Crippen molar-refractivity contribution in [2.24, 2.45) is 0 Å². The molecule has 0 spiro atoms. The van der Waals surface area contributed by atoms with Crippen molar-refractivity contribution in [2.75, 3.05) is 5.32 Å². The van der Waals surface area contributed by atoms with Crippen molar-refractivity contribution in [1.82, 2.24) is 9.78 Å². The fourth-order valence-corrected chi connectivity index (χ4v) is 1.69. The van der Waals surface area contributed by atoms with Gasteiger partial charge < -0.3 is 5.32 Å². The maximum atomic E-state index is 11.7. The summed E-state index contributed by atoms with van der Waals surface area (Å²) >= 11 is 0. The predicted octanol–water partition coefficient (Wildman–Crippen LogP) is 2.13. The van der Waals surface area contributed by atoms with Gasteiger partial charge in [0.25, 0.3) is 5.69 Å². The highest BCUT2D eigenvalue weighted by molar-refractivity contribution is 5.90. The molecule has 2 aromatic rings. The number of rotatable bonds is 5. The fraction of sp³-hybridized carbons (Fsp3) is 0.231. The molecule has 0 bridgehead atoms. The minimum absolute atomic E-state index is 0.00462. The predicted molar refractivity (Wildman–Crippen MR) is 73.3 cm³/mol. The molecule has 7 nitrogen and oxygen atoms in total. The third-order valence-corrected chi connectivity index (χ3v) is 2.70. The van der Waals surface area contributed by atoms with Crippen LogP contribution in [0.5, 0.6) is 0 Å². The van der Waals surface area contributed by atoms with Crippen molar-refractivity contribution in [3.63, 3.8) is 0 Å². The molecule has 7 heteroatoms. The molecule has 0 saturated heterocycles. The molecule has 1 N–H and O–H groups in total. The summed E-state index contributed by atoms with van der Waals surface area (Å²) in [5.41, 5.74) is 1.44. The zero-order valence-corrected chi connectivity index (χ0v) is 10.9. The van der Waals surface area contributed by atoms with Crippen LogP contribution in [0.1, 0.15) is 12.1 Å². The molecule has 0 aliphatic heterocycles. The summed E-state index contributed by atoms with van der Waals surface area (Å²) in [4.78, 5) is 21.7. The van der Waals surface area contributed by atoms with Crippen molar-refractivity contribution in [3.05, 3.63) is 52.3 Å². The van der Waals surface area contributed by atoms with E-state index in [9.17, 15) is 14.9 Å². The molecule has 0 saturated carbocycles. The number of aryl methyl sites for hydroxylation is 2. The van der Waals surface area contributed by atoms with Gasteiger partial charge >= 0.3 is 0 Å². The second-order valence-corrected chi connectivity index (χ2v) is 4.32. The van der Waals surface area contributed by atoms with E-state index in [1.807, 2.05) is 19.2 Å². The molecule has 1 aromatic heterocycles. The Morgan fingerprint density at radius 1 is 1.35 bits per heavy atom. The van der Waals surface area contributed by atoms with Crippen molar-refractivity contribution >= 4 is 17.3 Å². The number of aromatic nitrogens is 2. The first-order valence-electron chi connectivity index (χ1n) is 6.09. The van der Waals surface area contributed by atoms with Crippen LogP contribution in [0.4, 0.5) is 11.4 Å². The molecule has 0 radical (unpaired) electrons. The average Bonchev–Trinajstić information content (AvgIpc) is 2.83. The smallest absolute Gasteiger partial charge is 0.269 e. The number of nitrogens with zero attached hydrogens (tertiary/aromatic N) is 3. The first kappa shape index (κ1) is 13.7. The van der Waals surface area contributed by atoms with E-state index in [1.165, 1.54) is 24.3 Å². The summed E-state index contributed by atoms with van der Waals surface area (Å²) in [6.45, 7) is 2.38. The minimum atomic E-state index is -0.481. The van der Waals surface area contributed by atoms with E-state index in [1.54, 1.807) is 4.68 Å². The van der Waals surface area contributed by atoms with Crippen LogP contribution in [0, 0.1) is 17.0 Å². The monoisotopic (exact) mass is 274 g/mol. The third-order valence-electron chi connectivity index (χ3n) is 2.70. The van der Waals surface area contributed by atoms with E-state index < -0.39 is 4.92 Å². The number of benzene rings is 1. The van der Waals surface area contributed by atoms with Gasteiger partial charge in [-0.05, 0) is 25.1 Å². The van der Waals surface area contributed by atoms with Crippen LogP contribution in [0.15, 0.2) is 36.5 Å². The Kier molecular flexibility index (Phi) is 4.09. The van der Waals surface area contributed by atoms with E-state index in [2.05, 4.69) is 10.4 Å². The maximum Gasteiger partial charge on any atom is 0.269 e.